The molecule has 0 atom stereocenters. The summed E-state index contributed by atoms with van der Waals surface area (Å²) in [6.45, 7) is 0.488. The number of nitrogens with zero attached hydrogens (tertiary/aromatic N) is 2. The second-order valence-corrected chi connectivity index (χ2v) is 5.26. The molecule has 3 rings (SSSR count). The van der Waals surface area contributed by atoms with Gasteiger partial charge in [-0.2, -0.15) is 4.73 Å². The third-order valence-corrected chi connectivity index (χ3v) is 3.54. The molecule has 3 aromatic rings. The first-order valence-corrected chi connectivity index (χ1v) is 7.60. The topological polar surface area (TPSA) is 59.3 Å². The second-order valence-electron chi connectivity index (χ2n) is 5.26. The Morgan fingerprint density at radius 3 is 2.21 bits per heavy atom. The van der Waals surface area contributed by atoms with Gasteiger partial charge in [0, 0.05) is 12.1 Å². The van der Waals surface area contributed by atoms with E-state index in [9.17, 15) is 10.0 Å². The van der Waals surface area contributed by atoms with Gasteiger partial charge in [0.15, 0.2) is 6.20 Å². The zero-order valence-electron chi connectivity index (χ0n) is 13.0. The molecule has 0 saturated heterocycles. The van der Waals surface area contributed by atoms with Crippen LogP contribution >= 0.6 is 0 Å². The number of pyridine rings is 1. The van der Waals surface area contributed by atoms with Crippen molar-refractivity contribution in [3.8, 4) is 0 Å². The molecular formula is C19H17N3O2. The van der Waals surface area contributed by atoms with Gasteiger partial charge in [0.25, 0.3) is 5.69 Å². The molecule has 5 heteroatoms. The number of carbonyl (C=O) groups excluding carboxylic acids is 1. The van der Waals surface area contributed by atoms with Crippen molar-refractivity contribution < 1.29 is 9.52 Å². The van der Waals surface area contributed by atoms with E-state index in [1.807, 2.05) is 60.7 Å². The molecular weight excluding hydrogens is 302 g/mol. The predicted molar refractivity (Wildman–Crippen MR) is 91.9 cm³/mol. The molecule has 0 saturated carbocycles. The van der Waals surface area contributed by atoms with Gasteiger partial charge in [-0.1, -0.05) is 48.5 Å². The Labute approximate surface area is 140 Å². The van der Waals surface area contributed by atoms with E-state index in [1.54, 1.807) is 17.1 Å². The quantitative estimate of drug-likeness (QED) is 0.447. The number of hydrazine groups is 1. The zero-order chi connectivity index (χ0) is 16.8. The summed E-state index contributed by atoms with van der Waals surface area (Å²) < 4.78 is 0.557. The summed E-state index contributed by atoms with van der Waals surface area (Å²) in [5, 5.41) is 13.5. The Hall–Kier alpha value is -3.34. The van der Waals surface area contributed by atoms with Gasteiger partial charge in [-0.3, -0.25) is 15.2 Å². The minimum absolute atomic E-state index is 0.0477. The van der Waals surface area contributed by atoms with Crippen molar-refractivity contribution in [3.63, 3.8) is 0 Å². The Kier molecular flexibility index (Phi) is 4.72. The molecule has 0 fully saturated rings. The van der Waals surface area contributed by atoms with Crippen LogP contribution in [0.15, 0.2) is 85.1 Å². The molecule has 0 unspecified atom stereocenters. The van der Waals surface area contributed by atoms with Crippen LogP contribution in [0.4, 0.5) is 5.69 Å². The molecule has 0 aliphatic carbocycles. The lowest BCUT2D eigenvalue weighted by molar-refractivity contribution is -0.607. The van der Waals surface area contributed by atoms with Crippen LogP contribution in [-0.4, -0.2) is 5.91 Å². The largest absolute Gasteiger partial charge is 0.618 e. The summed E-state index contributed by atoms with van der Waals surface area (Å²) in [6, 6.07) is 24.1. The van der Waals surface area contributed by atoms with E-state index < -0.39 is 5.91 Å². The maximum absolute atomic E-state index is 12.5. The number of nitrogens with one attached hydrogen (secondary N) is 1. The third kappa shape index (κ3) is 3.70. The number of hydrogen-bond acceptors (Lipinski definition) is 3. The van der Waals surface area contributed by atoms with Gasteiger partial charge < -0.3 is 5.21 Å². The van der Waals surface area contributed by atoms with E-state index in [0.717, 1.165) is 11.3 Å². The van der Waals surface area contributed by atoms with Crippen LogP contribution in [0.25, 0.3) is 0 Å². The van der Waals surface area contributed by atoms with Crippen LogP contribution in [0.5, 0.6) is 0 Å². The molecule has 2 aromatic carbocycles. The van der Waals surface area contributed by atoms with Gasteiger partial charge in [0.1, 0.15) is 0 Å². The molecule has 0 spiro atoms. The lowest BCUT2D eigenvalue weighted by Crippen LogP contribution is -2.46. The fourth-order valence-electron chi connectivity index (χ4n) is 2.35. The van der Waals surface area contributed by atoms with Gasteiger partial charge in [0.2, 0.25) is 0 Å². The number of aromatic nitrogens is 1. The Morgan fingerprint density at radius 1 is 0.917 bits per heavy atom. The second kappa shape index (κ2) is 7.28. The number of para-hydroxylation sites is 1. The highest BCUT2D eigenvalue weighted by molar-refractivity contribution is 5.91. The molecule has 1 amide bonds. The molecule has 0 aliphatic rings. The number of carbonyl (C=O) groups is 1. The number of amides is 1. The van der Waals surface area contributed by atoms with Gasteiger partial charge in [0.05, 0.1) is 12.2 Å². The molecule has 0 bridgehead atoms. The standard InChI is InChI=1S/C19H17N3O2/c23-19(18-13-7-8-14-22(18)24)20-21(17-11-5-2-6-12-17)15-16-9-3-1-4-10-16/h1-14H,15H2,(H,20,23). The van der Waals surface area contributed by atoms with Crippen LogP contribution in [0.1, 0.15) is 16.1 Å². The molecule has 5 nitrogen and oxygen atoms in total. The van der Waals surface area contributed by atoms with Gasteiger partial charge >= 0.3 is 5.91 Å². The highest BCUT2D eigenvalue weighted by Crippen LogP contribution is 2.15. The van der Waals surface area contributed by atoms with E-state index >= 15 is 0 Å². The number of rotatable bonds is 5. The van der Waals surface area contributed by atoms with Crippen molar-refractivity contribution in [1.82, 2.24) is 5.43 Å². The maximum atomic E-state index is 12.5. The van der Waals surface area contributed by atoms with Crippen LogP contribution in [0, 0.1) is 5.21 Å². The molecule has 1 heterocycles. The number of benzene rings is 2. The first kappa shape index (κ1) is 15.6. The maximum Gasteiger partial charge on any atom is 0.335 e. The van der Waals surface area contributed by atoms with E-state index in [0.29, 0.717) is 11.3 Å². The average Bonchev–Trinajstić information content (AvgIpc) is 2.63. The molecule has 24 heavy (non-hydrogen) atoms. The van der Waals surface area contributed by atoms with Crippen molar-refractivity contribution in [2.75, 3.05) is 5.01 Å². The van der Waals surface area contributed by atoms with E-state index in [4.69, 9.17) is 0 Å². The summed E-state index contributed by atoms with van der Waals surface area (Å²) in [5.41, 5.74) is 4.74. The summed E-state index contributed by atoms with van der Waals surface area (Å²) in [7, 11) is 0. The third-order valence-electron chi connectivity index (χ3n) is 3.54. The predicted octanol–water partition coefficient (Wildman–Crippen LogP) is 2.67. The van der Waals surface area contributed by atoms with E-state index in [2.05, 4.69) is 5.43 Å². The molecule has 1 N–H and O–H groups in total. The summed E-state index contributed by atoms with van der Waals surface area (Å²) >= 11 is 0. The van der Waals surface area contributed by atoms with Gasteiger partial charge in [-0.15, -0.1) is 0 Å². The lowest BCUT2D eigenvalue weighted by atomic mass is 10.2. The highest BCUT2D eigenvalue weighted by atomic mass is 16.5. The van der Waals surface area contributed by atoms with Crippen molar-refractivity contribution in [1.29, 1.82) is 0 Å². The summed E-state index contributed by atoms with van der Waals surface area (Å²) in [6.07, 6.45) is 1.30. The van der Waals surface area contributed by atoms with Crippen LogP contribution in [-0.2, 0) is 6.54 Å². The van der Waals surface area contributed by atoms with Crippen molar-refractivity contribution in [2.24, 2.45) is 0 Å². The SMILES string of the molecule is O=C(NN(Cc1ccccc1)c1ccccc1)c1cccc[n+]1[O-]. The molecule has 120 valence electrons. The first-order valence-electron chi connectivity index (χ1n) is 7.60. The molecule has 0 radical (unpaired) electrons. The van der Waals surface area contributed by atoms with Crippen molar-refractivity contribution in [2.45, 2.75) is 6.54 Å². The number of anilines is 1. The van der Waals surface area contributed by atoms with Crippen molar-refractivity contribution >= 4 is 11.6 Å². The monoisotopic (exact) mass is 319 g/mol. The van der Waals surface area contributed by atoms with Gasteiger partial charge in [-0.25, -0.2) is 0 Å². The lowest BCUT2D eigenvalue weighted by Gasteiger charge is -2.25. The minimum atomic E-state index is -0.453. The normalized spacial score (nSPS) is 10.2. The van der Waals surface area contributed by atoms with Gasteiger partial charge in [-0.05, 0) is 23.8 Å². The van der Waals surface area contributed by atoms with Crippen LogP contribution in [0.2, 0.25) is 0 Å². The summed E-state index contributed by atoms with van der Waals surface area (Å²) in [5.74, 6) is -0.453. The summed E-state index contributed by atoms with van der Waals surface area (Å²) in [4.78, 5) is 12.5. The smallest absolute Gasteiger partial charge is 0.335 e. The van der Waals surface area contributed by atoms with E-state index in [1.165, 1.54) is 12.3 Å². The fourth-order valence-corrected chi connectivity index (χ4v) is 2.35. The Balaban J connectivity index is 1.85. The van der Waals surface area contributed by atoms with E-state index in [-0.39, 0.29) is 5.69 Å². The molecule has 0 aliphatic heterocycles. The number of hydrogen-bond donors (Lipinski definition) is 1. The highest BCUT2D eigenvalue weighted by Gasteiger charge is 2.18. The fraction of sp³-hybridized carbons (Fsp3) is 0.0526. The Morgan fingerprint density at radius 2 is 1.54 bits per heavy atom. The minimum Gasteiger partial charge on any atom is -0.618 e. The zero-order valence-corrected chi connectivity index (χ0v) is 13.0. The van der Waals surface area contributed by atoms with Crippen LogP contribution in [0.3, 0.4) is 0 Å². The first-order chi connectivity index (χ1) is 11.7. The average molecular weight is 319 g/mol. The van der Waals surface area contributed by atoms with Crippen molar-refractivity contribution in [3.05, 3.63) is 102 Å². The Bertz CT molecular complexity index is 807. The molecule has 1 aromatic heterocycles. The van der Waals surface area contributed by atoms with Crippen LogP contribution < -0.4 is 15.2 Å².